The van der Waals surface area contributed by atoms with Gasteiger partial charge in [0.2, 0.25) is 11.8 Å². The first-order chi connectivity index (χ1) is 13.0. The van der Waals surface area contributed by atoms with Crippen molar-refractivity contribution in [2.24, 2.45) is 11.7 Å². The molecule has 0 amide bonds. The number of hydrogen-bond acceptors (Lipinski definition) is 6. The Kier molecular flexibility index (Phi) is 4.13. The summed E-state index contributed by atoms with van der Waals surface area (Å²) in [6, 6.07) is 10.5. The highest BCUT2D eigenvalue weighted by Gasteiger charge is 2.43. The van der Waals surface area contributed by atoms with E-state index in [4.69, 9.17) is 10.5 Å². The molecule has 2 aliphatic heterocycles. The van der Waals surface area contributed by atoms with Crippen LogP contribution in [0, 0.1) is 17.2 Å². The monoisotopic (exact) mass is 362 g/mol. The van der Waals surface area contributed by atoms with Crippen LogP contribution in [0.3, 0.4) is 0 Å². The van der Waals surface area contributed by atoms with Crippen LogP contribution in [-0.2, 0) is 4.74 Å². The number of aromatic nitrogens is 2. The van der Waals surface area contributed by atoms with E-state index in [-0.39, 0.29) is 17.8 Å². The molecule has 1 aromatic carbocycles. The molecule has 2 unspecified atom stereocenters. The molecule has 3 N–H and O–H groups in total. The van der Waals surface area contributed by atoms with Gasteiger partial charge in [0.05, 0.1) is 18.3 Å². The van der Waals surface area contributed by atoms with Gasteiger partial charge in [0.15, 0.2) is 0 Å². The lowest BCUT2D eigenvalue weighted by Crippen LogP contribution is -2.38. The maximum absolute atomic E-state index is 9.77. The Morgan fingerprint density at radius 3 is 2.63 bits per heavy atom. The maximum Gasteiger partial charge on any atom is 0.213 e. The van der Waals surface area contributed by atoms with Crippen LogP contribution in [0.15, 0.2) is 65.9 Å². The van der Waals surface area contributed by atoms with Crippen LogP contribution in [0.2, 0.25) is 0 Å². The molecule has 7 heteroatoms. The Labute approximate surface area is 158 Å². The van der Waals surface area contributed by atoms with Gasteiger partial charge in [-0.05, 0) is 23.6 Å². The third kappa shape index (κ3) is 2.75. The van der Waals surface area contributed by atoms with Gasteiger partial charge in [0.25, 0.3) is 0 Å². The van der Waals surface area contributed by atoms with Crippen molar-refractivity contribution in [2.45, 2.75) is 25.8 Å². The van der Waals surface area contributed by atoms with Crippen LogP contribution in [-0.4, -0.2) is 27.6 Å². The molecule has 7 nitrogen and oxygen atoms in total. The van der Waals surface area contributed by atoms with Gasteiger partial charge in [0.1, 0.15) is 11.6 Å². The van der Waals surface area contributed by atoms with Gasteiger partial charge in [0, 0.05) is 30.7 Å². The molecule has 0 radical (unpaired) electrons. The highest BCUT2D eigenvalue weighted by Crippen LogP contribution is 2.44. The predicted molar refractivity (Wildman–Crippen MR) is 101 cm³/mol. The first-order valence-corrected chi connectivity index (χ1v) is 8.91. The number of nitrogens with one attached hydrogen (secondary N) is 1. The second-order valence-corrected chi connectivity index (χ2v) is 7.16. The number of nitrogens with two attached hydrogens (primary N) is 1. The fraction of sp³-hybridized carbons (Fsp3) is 0.300. The van der Waals surface area contributed by atoms with E-state index in [0.717, 1.165) is 16.8 Å². The van der Waals surface area contributed by atoms with E-state index in [2.05, 4.69) is 30.3 Å². The molecule has 0 fully saturated rings. The molecular formula is C20H22N6O. The fourth-order valence-electron chi connectivity index (χ4n) is 3.78. The van der Waals surface area contributed by atoms with Gasteiger partial charge >= 0.3 is 0 Å². The van der Waals surface area contributed by atoms with Gasteiger partial charge in [-0.15, -0.1) is 0 Å². The van der Waals surface area contributed by atoms with E-state index in [9.17, 15) is 5.26 Å². The number of hydrazine groups is 1. The van der Waals surface area contributed by atoms with Crippen molar-refractivity contribution in [3.63, 3.8) is 0 Å². The van der Waals surface area contributed by atoms with E-state index in [1.807, 2.05) is 47.1 Å². The summed E-state index contributed by atoms with van der Waals surface area (Å²) in [5.41, 5.74) is 13.0. The predicted octanol–water partition coefficient (Wildman–Crippen LogP) is 2.37. The summed E-state index contributed by atoms with van der Waals surface area (Å²) in [5.74, 6) is 0.947. The number of benzene rings is 1. The molecule has 0 spiro atoms. The minimum Gasteiger partial charge on any atom is -0.423 e. The number of nitriles is 1. The van der Waals surface area contributed by atoms with Crippen LogP contribution < -0.4 is 11.2 Å². The van der Waals surface area contributed by atoms with Gasteiger partial charge in [-0.3, -0.25) is 5.01 Å². The van der Waals surface area contributed by atoms with Crippen molar-refractivity contribution in [1.29, 1.82) is 5.26 Å². The van der Waals surface area contributed by atoms with Crippen LogP contribution in [0.1, 0.15) is 25.3 Å². The molecule has 3 heterocycles. The number of rotatable bonds is 3. The Balaban J connectivity index is 1.81. The maximum atomic E-state index is 9.77. The summed E-state index contributed by atoms with van der Waals surface area (Å²) in [7, 11) is 1.90. The summed E-state index contributed by atoms with van der Waals surface area (Å²) < 4.78 is 7.75. The van der Waals surface area contributed by atoms with Crippen molar-refractivity contribution < 1.29 is 4.74 Å². The largest absolute Gasteiger partial charge is 0.423 e. The van der Waals surface area contributed by atoms with Crippen molar-refractivity contribution >= 4 is 0 Å². The van der Waals surface area contributed by atoms with Crippen molar-refractivity contribution in [3.8, 4) is 11.8 Å². The molecular weight excluding hydrogens is 340 g/mol. The smallest absolute Gasteiger partial charge is 0.213 e. The van der Waals surface area contributed by atoms with Gasteiger partial charge < -0.3 is 15.0 Å². The molecule has 2 atom stereocenters. The van der Waals surface area contributed by atoms with Crippen molar-refractivity contribution in [1.82, 2.24) is 20.0 Å². The Morgan fingerprint density at radius 2 is 2.04 bits per heavy atom. The second-order valence-electron chi connectivity index (χ2n) is 7.16. The zero-order chi connectivity index (χ0) is 19.1. The van der Waals surface area contributed by atoms with E-state index in [1.165, 1.54) is 0 Å². The topological polar surface area (TPSA) is 92.1 Å². The standard InChI is InChI=1S/C20H22N6O/c1-12(2)18-17-16(15(10-21)19(22)27-20(17)25(3)24-18)13-4-6-14(7-5-13)26-9-8-23-11-26/h4-9,11-12,16,18,24H,22H2,1-3H3. The van der Waals surface area contributed by atoms with Crippen molar-refractivity contribution in [3.05, 3.63) is 71.5 Å². The van der Waals surface area contributed by atoms with Crippen LogP contribution >= 0.6 is 0 Å². The van der Waals surface area contributed by atoms with E-state index in [0.29, 0.717) is 17.4 Å². The molecule has 1 aromatic heterocycles. The highest BCUT2D eigenvalue weighted by molar-refractivity contribution is 5.52. The highest BCUT2D eigenvalue weighted by atomic mass is 16.5. The summed E-state index contributed by atoms with van der Waals surface area (Å²) in [4.78, 5) is 4.09. The first-order valence-electron chi connectivity index (χ1n) is 8.91. The average Bonchev–Trinajstić information content (AvgIpc) is 3.30. The Bertz CT molecular complexity index is 949. The van der Waals surface area contributed by atoms with Crippen LogP contribution in [0.25, 0.3) is 5.69 Å². The number of imidazole rings is 1. The minimum absolute atomic E-state index is 0.0692. The summed E-state index contributed by atoms with van der Waals surface area (Å²) in [6.07, 6.45) is 5.40. The molecule has 0 aliphatic carbocycles. The lowest BCUT2D eigenvalue weighted by Gasteiger charge is -2.29. The molecule has 0 saturated heterocycles. The third-order valence-corrected chi connectivity index (χ3v) is 5.11. The Hall–Kier alpha value is -3.24. The number of ether oxygens (including phenoxy) is 1. The molecule has 2 aromatic rings. The number of hydrogen-bond donors (Lipinski definition) is 2. The van der Waals surface area contributed by atoms with Crippen molar-refractivity contribution in [2.75, 3.05) is 7.05 Å². The molecule has 2 aliphatic rings. The van der Waals surface area contributed by atoms with Gasteiger partial charge in [-0.25, -0.2) is 10.4 Å². The van der Waals surface area contributed by atoms with Gasteiger partial charge in [-0.2, -0.15) is 5.26 Å². The molecule has 0 bridgehead atoms. The third-order valence-electron chi connectivity index (χ3n) is 5.11. The second kappa shape index (κ2) is 6.49. The normalized spacial score (nSPS) is 22.1. The van der Waals surface area contributed by atoms with E-state index < -0.39 is 0 Å². The van der Waals surface area contributed by atoms with E-state index >= 15 is 0 Å². The molecule has 0 saturated carbocycles. The quantitative estimate of drug-likeness (QED) is 0.871. The lowest BCUT2D eigenvalue weighted by molar-refractivity contribution is 0.149. The fourth-order valence-corrected chi connectivity index (χ4v) is 3.78. The molecule has 138 valence electrons. The zero-order valence-corrected chi connectivity index (χ0v) is 15.5. The van der Waals surface area contributed by atoms with E-state index in [1.54, 1.807) is 12.5 Å². The minimum atomic E-state index is -0.236. The summed E-state index contributed by atoms with van der Waals surface area (Å²) in [6.45, 7) is 4.29. The van der Waals surface area contributed by atoms with Gasteiger partial charge in [-0.1, -0.05) is 26.0 Å². The molecule has 27 heavy (non-hydrogen) atoms. The first kappa shape index (κ1) is 17.2. The average molecular weight is 362 g/mol. The SMILES string of the molecule is CC(C)C1NN(C)C2=C1C(c1ccc(-n3ccnc3)cc1)C(C#N)=C(N)O2. The number of nitrogens with zero attached hydrogens (tertiary/aromatic N) is 4. The zero-order valence-electron chi connectivity index (χ0n) is 15.5. The summed E-state index contributed by atoms with van der Waals surface area (Å²) in [5, 5.41) is 11.6. The number of allylic oxidation sites excluding steroid dienone is 1. The Morgan fingerprint density at radius 1 is 1.30 bits per heavy atom. The lowest BCUT2D eigenvalue weighted by atomic mass is 9.78. The van der Waals surface area contributed by atoms with Crippen LogP contribution in [0.4, 0.5) is 0 Å². The summed E-state index contributed by atoms with van der Waals surface area (Å²) >= 11 is 0. The van der Waals surface area contributed by atoms with Crippen LogP contribution in [0.5, 0.6) is 0 Å². The molecule has 4 rings (SSSR count).